The Labute approximate surface area is 113 Å². The molecule has 0 saturated carbocycles. The Hall–Kier alpha value is -1.59. The van der Waals surface area contributed by atoms with Gasteiger partial charge >= 0.3 is 6.09 Å². The molecule has 1 aliphatic rings. The average Bonchev–Trinajstić information content (AvgIpc) is 2.26. The lowest BCUT2D eigenvalue weighted by molar-refractivity contribution is 0.0458. The Morgan fingerprint density at radius 2 is 2.05 bits per heavy atom. The number of hydrogen-bond donors (Lipinski definition) is 2. The van der Waals surface area contributed by atoms with Crippen molar-refractivity contribution in [2.24, 2.45) is 5.73 Å². The summed E-state index contributed by atoms with van der Waals surface area (Å²) < 4.78 is 0. The third-order valence-electron chi connectivity index (χ3n) is 3.69. The van der Waals surface area contributed by atoms with Gasteiger partial charge in [-0.05, 0) is 25.1 Å². The van der Waals surface area contributed by atoms with Crippen LogP contribution in [0.25, 0.3) is 0 Å². The molecule has 0 radical (unpaired) electrons. The van der Waals surface area contributed by atoms with Crippen LogP contribution in [0.5, 0.6) is 0 Å². The third kappa shape index (κ3) is 3.24. The van der Waals surface area contributed by atoms with Crippen LogP contribution in [0.3, 0.4) is 0 Å². The second-order valence-corrected chi connectivity index (χ2v) is 5.29. The molecule has 1 unspecified atom stereocenters. The summed E-state index contributed by atoms with van der Waals surface area (Å²) in [6, 6.07) is 8.66. The number of likely N-dealkylation sites (N-methyl/N-ethyl adjacent to an activating group) is 1. The maximum absolute atomic E-state index is 10.7. The first-order valence-electron chi connectivity index (χ1n) is 6.50. The van der Waals surface area contributed by atoms with E-state index in [4.69, 9.17) is 10.8 Å². The molecular formula is C14H21N3O2. The van der Waals surface area contributed by atoms with Crippen LogP contribution in [0, 0.1) is 0 Å². The fourth-order valence-electron chi connectivity index (χ4n) is 2.23. The predicted octanol–water partition coefficient (Wildman–Crippen LogP) is 1.50. The highest BCUT2D eigenvalue weighted by Gasteiger charge is 2.32. The van der Waals surface area contributed by atoms with Crippen molar-refractivity contribution in [1.82, 2.24) is 9.80 Å². The standard InChI is InChI=1S/C14H21N3O2/c1-10(15)12-5-3-11(4-6-12)7-16(2)13-8-17(9-13)14(18)19/h3-6,10,13H,7-9,15H2,1-2H3,(H,18,19). The largest absolute Gasteiger partial charge is 0.465 e. The lowest BCUT2D eigenvalue weighted by Gasteiger charge is -2.42. The van der Waals surface area contributed by atoms with Crippen molar-refractivity contribution in [3.05, 3.63) is 35.4 Å². The van der Waals surface area contributed by atoms with Crippen LogP contribution in [-0.2, 0) is 6.54 Å². The first-order chi connectivity index (χ1) is 8.97. The van der Waals surface area contributed by atoms with E-state index in [1.165, 1.54) is 10.5 Å². The van der Waals surface area contributed by atoms with Gasteiger partial charge in [-0.15, -0.1) is 0 Å². The van der Waals surface area contributed by atoms with Crippen LogP contribution in [-0.4, -0.2) is 47.2 Å². The van der Waals surface area contributed by atoms with Gasteiger partial charge in [0.2, 0.25) is 0 Å². The molecule has 1 atom stereocenters. The van der Waals surface area contributed by atoms with Crippen LogP contribution < -0.4 is 5.73 Å². The van der Waals surface area contributed by atoms with E-state index < -0.39 is 6.09 Å². The van der Waals surface area contributed by atoms with Crippen molar-refractivity contribution >= 4 is 6.09 Å². The van der Waals surface area contributed by atoms with Gasteiger partial charge in [0.25, 0.3) is 0 Å². The van der Waals surface area contributed by atoms with Crippen molar-refractivity contribution in [3.63, 3.8) is 0 Å². The molecule has 3 N–H and O–H groups in total. The van der Waals surface area contributed by atoms with Gasteiger partial charge in [-0.3, -0.25) is 4.90 Å². The summed E-state index contributed by atoms with van der Waals surface area (Å²) in [5.41, 5.74) is 8.17. The molecule has 2 rings (SSSR count). The van der Waals surface area contributed by atoms with Gasteiger partial charge < -0.3 is 15.7 Å². The third-order valence-corrected chi connectivity index (χ3v) is 3.69. The predicted molar refractivity (Wildman–Crippen MR) is 73.9 cm³/mol. The maximum Gasteiger partial charge on any atom is 0.407 e. The smallest absolute Gasteiger partial charge is 0.407 e. The van der Waals surface area contributed by atoms with Crippen LogP contribution in [0.2, 0.25) is 0 Å². The fourth-order valence-corrected chi connectivity index (χ4v) is 2.23. The lowest BCUT2D eigenvalue weighted by Crippen LogP contribution is -2.59. The van der Waals surface area contributed by atoms with Gasteiger partial charge in [0.05, 0.1) is 0 Å². The highest BCUT2D eigenvalue weighted by Crippen LogP contribution is 2.17. The summed E-state index contributed by atoms with van der Waals surface area (Å²) in [5.74, 6) is 0. The van der Waals surface area contributed by atoms with Gasteiger partial charge in [-0.25, -0.2) is 4.79 Å². The lowest BCUT2D eigenvalue weighted by atomic mass is 10.0. The Balaban J connectivity index is 1.86. The minimum absolute atomic E-state index is 0.0579. The summed E-state index contributed by atoms with van der Waals surface area (Å²) in [7, 11) is 2.03. The second kappa shape index (κ2) is 5.59. The molecule has 1 aromatic carbocycles. The normalized spacial score (nSPS) is 17.4. The van der Waals surface area contributed by atoms with Gasteiger partial charge in [0.1, 0.15) is 0 Å². The molecule has 1 heterocycles. The highest BCUT2D eigenvalue weighted by atomic mass is 16.4. The zero-order chi connectivity index (χ0) is 14.0. The second-order valence-electron chi connectivity index (χ2n) is 5.29. The van der Waals surface area contributed by atoms with Gasteiger partial charge in [-0.2, -0.15) is 0 Å². The summed E-state index contributed by atoms with van der Waals surface area (Å²) in [6.07, 6.45) is -0.828. The minimum Gasteiger partial charge on any atom is -0.465 e. The Morgan fingerprint density at radius 3 is 2.53 bits per heavy atom. The molecule has 0 aliphatic carbocycles. The van der Waals surface area contributed by atoms with Gasteiger partial charge in [0.15, 0.2) is 0 Å². The molecule has 0 aromatic heterocycles. The van der Waals surface area contributed by atoms with Crippen molar-refractivity contribution < 1.29 is 9.90 Å². The number of carbonyl (C=O) groups is 1. The van der Waals surface area contributed by atoms with Crippen molar-refractivity contribution in [2.75, 3.05) is 20.1 Å². The molecule has 1 aliphatic heterocycles. The fraction of sp³-hybridized carbons (Fsp3) is 0.500. The van der Waals surface area contributed by atoms with Crippen LogP contribution in [0.4, 0.5) is 4.79 Å². The molecule has 1 saturated heterocycles. The topological polar surface area (TPSA) is 69.8 Å². The molecule has 1 fully saturated rings. The molecule has 5 heteroatoms. The number of carboxylic acid groups (broad SMARTS) is 1. The Morgan fingerprint density at radius 1 is 1.47 bits per heavy atom. The summed E-state index contributed by atoms with van der Waals surface area (Å²) >= 11 is 0. The molecule has 0 bridgehead atoms. The first kappa shape index (κ1) is 13.8. The Bertz CT molecular complexity index is 439. The number of likely N-dealkylation sites (tertiary alicyclic amines) is 1. The first-order valence-corrected chi connectivity index (χ1v) is 6.50. The molecule has 1 amide bonds. The van der Waals surface area contributed by atoms with Gasteiger partial charge in [-0.1, -0.05) is 24.3 Å². The molecule has 0 spiro atoms. The molecule has 104 valence electrons. The van der Waals surface area contributed by atoms with E-state index >= 15 is 0 Å². The van der Waals surface area contributed by atoms with E-state index in [2.05, 4.69) is 29.2 Å². The zero-order valence-corrected chi connectivity index (χ0v) is 11.4. The number of rotatable bonds is 4. The average molecular weight is 263 g/mol. The number of hydrogen-bond acceptors (Lipinski definition) is 3. The number of amides is 1. The minimum atomic E-state index is -0.828. The van der Waals surface area contributed by atoms with Crippen molar-refractivity contribution in [2.45, 2.75) is 25.6 Å². The molecule has 1 aromatic rings. The number of nitrogens with zero attached hydrogens (tertiary/aromatic N) is 2. The van der Waals surface area contributed by atoms with E-state index in [9.17, 15) is 4.79 Å². The van der Waals surface area contributed by atoms with E-state index in [0.717, 1.165) is 12.1 Å². The van der Waals surface area contributed by atoms with E-state index in [-0.39, 0.29) is 6.04 Å². The van der Waals surface area contributed by atoms with Crippen LogP contribution in [0.1, 0.15) is 24.1 Å². The summed E-state index contributed by atoms with van der Waals surface area (Å²) in [4.78, 5) is 14.3. The molecular weight excluding hydrogens is 242 g/mol. The quantitative estimate of drug-likeness (QED) is 0.863. The maximum atomic E-state index is 10.7. The van der Waals surface area contributed by atoms with Gasteiger partial charge in [0, 0.05) is 31.7 Å². The number of benzene rings is 1. The monoisotopic (exact) mass is 263 g/mol. The SMILES string of the molecule is CC(N)c1ccc(CN(C)C2CN(C(=O)O)C2)cc1. The van der Waals surface area contributed by atoms with Crippen molar-refractivity contribution in [1.29, 1.82) is 0 Å². The molecule has 5 nitrogen and oxygen atoms in total. The summed E-state index contributed by atoms with van der Waals surface area (Å²) in [5, 5.41) is 8.80. The van der Waals surface area contributed by atoms with Crippen LogP contribution in [0.15, 0.2) is 24.3 Å². The van der Waals surface area contributed by atoms with E-state index in [0.29, 0.717) is 19.1 Å². The van der Waals surface area contributed by atoms with E-state index in [1.54, 1.807) is 0 Å². The zero-order valence-electron chi connectivity index (χ0n) is 11.4. The van der Waals surface area contributed by atoms with Crippen molar-refractivity contribution in [3.8, 4) is 0 Å². The Kier molecular flexibility index (Phi) is 4.07. The highest BCUT2D eigenvalue weighted by molar-refractivity contribution is 5.66. The van der Waals surface area contributed by atoms with E-state index in [1.807, 2.05) is 14.0 Å². The molecule has 19 heavy (non-hydrogen) atoms. The number of nitrogens with two attached hydrogens (primary N) is 1. The summed E-state index contributed by atoms with van der Waals surface area (Å²) in [6.45, 7) is 4.00. The van der Waals surface area contributed by atoms with Crippen LogP contribution >= 0.6 is 0 Å².